The van der Waals surface area contributed by atoms with Crippen molar-refractivity contribution in [2.24, 2.45) is 0 Å². The van der Waals surface area contributed by atoms with Gasteiger partial charge in [-0.3, -0.25) is 13.7 Å². The average molecular weight is 1300 g/mol. The number of benzene rings is 4. The summed E-state index contributed by atoms with van der Waals surface area (Å²) in [5, 5.41) is 0. The largest absolute Gasteiger partial charge is 0.494 e. The van der Waals surface area contributed by atoms with E-state index in [1.165, 1.54) is 116 Å². The lowest BCUT2D eigenvalue weighted by Crippen LogP contribution is -2.12. The van der Waals surface area contributed by atoms with Gasteiger partial charge in [-0.15, -0.1) is 0 Å². The summed E-state index contributed by atoms with van der Waals surface area (Å²) in [4.78, 5) is 0. The van der Waals surface area contributed by atoms with Crippen molar-refractivity contribution in [1.29, 1.82) is 0 Å². The maximum Gasteiger partial charge on any atom is 0.335 e. The minimum Gasteiger partial charge on any atom is -0.494 e. The average Bonchev–Trinajstić information content (AvgIpc) is 0.795. The van der Waals surface area contributed by atoms with Crippen LogP contribution in [0.4, 0.5) is 0 Å². The van der Waals surface area contributed by atoms with E-state index in [1.807, 2.05) is 109 Å². The molecule has 0 saturated heterocycles. The summed E-state index contributed by atoms with van der Waals surface area (Å²) in [6, 6.07) is 23.9. The van der Waals surface area contributed by atoms with Gasteiger partial charge in [0.1, 0.15) is 17.2 Å². The van der Waals surface area contributed by atoms with E-state index in [4.69, 9.17) is 41.4 Å². The lowest BCUT2D eigenvalue weighted by Gasteiger charge is -2.28. The first-order chi connectivity index (χ1) is 43.8. The highest BCUT2D eigenvalue weighted by Crippen LogP contribution is 2.59. The molecule has 0 aromatic heterocycles. The quantitative estimate of drug-likeness (QED) is 0.0237. The van der Waals surface area contributed by atoms with E-state index in [0.29, 0.717) is 53.2 Å². The zero-order chi connectivity index (χ0) is 65.0. The van der Waals surface area contributed by atoms with Gasteiger partial charge in [0.2, 0.25) is 0 Å². The minimum atomic E-state index is -3.94. The fourth-order valence-electron chi connectivity index (χ4n) is 11.1. The Labute approximate surface area is 546 Å². The molecule has 0 spiro atoms. The van der Waals surface area contributed by atoms with Gasteiger partial charge in [-0.2, -0.15) is 0 Å². The third-order valence-corrected chi connectivity index (χ3v) is 21.7. The van der Waals surface area contributed by atoms with E-state index >= 15 is 13.7 Å². The van der Waals surface area contributed by atoms with Gasteiger partial charge in [-0.25, -0.2) is 0 Å². The van der Waals surface area contributed by atoms with Crippen LogP contribution in [0.5, 0.6) is 17.2 Å². The van der Waals surface area contributed by atoms with Crippen molar-refractivity contribution in [2.75, 3.05) is 59.5 Å². The van der Waals surface area contributed by atoms with E-state index in [9.17, 15) is 0 Å². The van der Waals surface area contributed by atoms with Crippen molar-refractivity contribution >= 4 is 59.2 Å². The standard InChI is InChI=1S/C75H117O12P3/c1-10-19-22-25-28-31-34-37-58-79-67-49-40-64(41-50-67)46-55-70-73(61-88(76,82-13-4)83-14-5)71(56-47-65-42-51-68(52-43-65)80-59-38-35-32-29-26-23-20-11-2)75(63-90(78,86-17-8)87-18-9)72(74(70)62-89(77,84-15-6)85-16-7)57-48-66-44-53-69(54-45-66)81-60-39-36-33-30-27-24-21-12-3/h40-57H,10-39,58-63H2,1-9H3/b55-46+,56-47+,57-48+. The summed E-state index contributed by atoms with van der Waals surface area (Å²) in [5.74, 6) is 2.34. The highest BCUT2D eigenvalue weighted by atomic mass is 31.2. The number of rotatable bonds is 54. The molecule has 0 atom stereocenters. The summed E-state index contributed by atoms with van der Waals surface area (Å²) in [5.41, 5.74) is 6.08. The first-order valence-corrected chi connectivity index (χ1v) is 40.1. The number of hydrogen-bond donors (Lipinski definition) is 0. The van der Waals surface area contributed by atoms with Gasteiger partial charge >= 0.3 is 22.8 Å². The minimum absolute atomic E-state index is 0.117. The topological polar surface area (TPSA) is 134 Å². The van der Waals surface area contributed by atoms with Gasteiger partial charge < -0.3 is 41.4 Å². The van der Waals surface area contributed by atoms with E-state index in [2.05, 4.69) is 20.8 Å². The molecule has 0 bridgehead atoms. The van der Waals surface area contributed by atoms with Crippen molar-refractivity contribution < 1.29 is 55.0 Å². The molecule has 0 aliphatic rings. The van der Waals surface area contributed by atoms with E-state index < -0.39 is 22.8 Å². The Morgan fingerprint density at radius 1 is 0.267 bits per heavy atom. The Balaban J connectivity index is 2.00. The van der Waals surface area contributed by atoms with Crippen LogP contribution < -0.4 is 14.2 Å². The van der Waals surface area contributed by atoms with Gasteiger partial charge in [0.25, 0.3) is 0 Å². The first kappa shape index (κ1) is 78.4. The lowest BCUT2D eigenvalue weighted by molar-refractivity contribution is 0.218. The van der Waals surface area contributed by atoms with E-state index in [1.54, 1.807) is 41.5 Å². The van der Waals surface area contributed by atoms with Crippen molar-refractivity contribution in [1.82, 2.24) is 0 Å². The van der Waals surface area contributed by atoms with Crippen molar-refractivity contribution in [3.05, 3.63) is 123 Å². The molecule has 4 aromatic carbocycles. The fourth-order valence-corrected chi connectivity index (χ4v) is 16.4. The predicted octanol–water partition coefficient (Wildman–Crippen LogP) is 24.1. The molecular formula is C75H117O12P3. The Kier molecular flexibility index (Phi) is 40.9. The van der Waals surface area contributed by atoms with Crippen LogP contribution in [0.3, 0.4) is 0 Å². The fraction of sp³-hybridized carbons (Fsp3) is 0.600. The van der Waals surface area contributed by atoms with E-state index in [-0.39, 0.29) is 58.1 Å². The lowest BCUT2D eigenvalue weighted by atomic mass is 9.86. The second-order valence-electron chi connectivity index (χ2n) is 23.2. The molecule has 0 aliphatic carbocycles. The molecule has 4 rings (SSSR count). The van der Waals surface area contributed by atoms with Crippen LogP contribution in [0.25, 0.3) is 36.5 Å². The maximum atomic E-state index is 15.3. The summed E-state index contributed by atoms with van der Waals surface area (Å²) in [7, 11) is -11.8. The molecule has 4 aromatic rings. The summed E-state index contributed by atoms with van der Waals surface area (Å²) in [6.07, 6.45) is 40.6. The van der Waals surface area contributed by atoms with Crippen LogP contribution >= 0.6 is 22.8 Å². The molecule has 0 unspecified atom stereocenters. The van der Waals surface area contributed by atoms with Crippen LogP contribution in [-0.2, 0) is 59.3 Å². The van der Waals surface area contributed by atoms with Crippen LogP contribution in [0.1, 0.15) is 266 Å². The number of hydrogen-bond acceptors (Lipinski definition) is 12. The molecule has 504 valence electrons. The van der Waals surface area contributed by atoms with Crippen molar-refractivity contribution in [2.45, 2.75) is 235 Å². The molecule has 90 heavy (non-hydrogen) atoms. The molecule has 0 radical (unpaired) electrons. The van der Waals surface area contributed by atoms with Crippen LogP contribution in [-0.4, -0.2) is 59.5 Å². The molecule has 0 saturated carbocycles. The van der Waals surface area contributed by atoms with Gasteiger partial charge in [0, 0.05) is 0 Å². The molecule has 0 heterocycles. The Morgan fingerprint density at radius 2 is 0.467 bits per heavy atom. The van der Waals surface area contributed by atoms with Gasteiger partial charge in [-0.05, 0) is 147 Å². The molecule has 12 nitrogen and oxygen atoms in total. The van der Waals surface area contributed by atoms with Crippen LogP contribution in [0.2, 0.25) is 0 Å². The maximum absolute atomic E-state index is 15.3. The van der Waals surface area contributed by atoms with Crippen molar-refractivity contribution in [3.63, 3.8) is 0 Å². The zero-order valence-corrected chi connectivity index (χ0v) is 59.8. The normalized spacial score (nSPS) is 12.4. The summed E-state index contributed by atoms with van der Waals surface area (Å²) >= 11 is 0. The third kappa shape index (κ3) is 30.8. The third-order valence-electron chi connectivity index (χ3n) is 15.7. The van der Waals surface area contributed by atoms with Crippen LogP contribution in [0.15, 0.2) is 72.8 Å². The Morgan fingerprint density at radius 3 is 0.667 bits per heavy atom. The Bertz CT molecular complexity index is 2420. The van der Waals surface area contributed by atoms with Crippen LogP contribution in [0, 0.1) is 0 Å². The second kappa shape index (κ2) is 46.9. The number of unbranched alkanes of at least 4 members (excludes halogenated alkanes) is 21. The van der Waals surface area contributed by atoms with Gasteiger partial charge in [0.15, 0.2) is 0 Å². The smallest absolute Gasteiger partial charge is 0.335 e. The highest BCUT2D eigenvalue weighted by Gasteiger charge is 2.36. The number of ether oxygens (including phenoxy) is 3. The predicted molar refractivity (Wildman–Crippen MR) is 381 cm³/mol. The molecule has 0 aliphatic heterocycles. The van der Waals surface area contributed by atoms with E-state index in [0.717, 1.165) is 72.5 Å². The molecule has 0 fully saturated rings. The molecular weight excluding hydrogens is 1190 g/mol. The van der Waals surface area contributed by atoms with Gasteiger partial charge in [0.05, 0.1) is 77.9 Å². The second-order valence-corrected chi connectivity index (χ2v) is 29.3. The van der Waals surface area contributed by atoms with Gasteiger partial charge in [-0.1, -0.05) is 228 Å². The first-order valence-electron chi connectivity index (χ1n) is 34.9. The molecule has 0 N–H and O–H groups in total. The monoisotopic (exact) mass is 1300 g/mol. The zero-order valence-electron chi connectivity index (χ0n) is 57.1. The molecule has 15 heteroatoms. The van der Waals surface area contributed by atoms with Crippen molar-refractivity contribution in [3.8, 4) is 17.2 Å². The summed E-state index contributed by atoms with van der Waals surface area (Å²) < 4.78 is 102. The summed E-state index contributed by atoms with van der Waals surface area (Å²) in [6.45, 7) is 20.1. The highest BCUT2D eigenvalue weighted by molar-refractivity contribution is 7.53. The SMILES string of the molecule is CCCCCCCCCCOc1ccc(/C=C/c2c(CP(=O)(OCC)OCC)c(/C=C/c3ccc(OCCCCCCCCCC)cc3)c(CP(=O)(OCC)OCC)c(/C=C/c3ccc(OCCCCCCCCCC)cc3)c2CP(=O)(OCC)OCC)cc1. The molecule has 0 amide bonds. The Hall–Kier alpha value is -4.05.